The van der Waals surface area contributed by atoms with Crippen molar-refractivity contribution in [3.63, 3.8) is 0 Å². The van der Waals surface area contributed by atoms with Gasteiger partial charge in [0, 0.05) is 44.1 Å². The lowest BCUT2D eigenvalue weighted by Crippen LogP contribution is -2.49. The first-order valence-electron chi connectivity index (χ1n) is 10.3. The highest BCUT2D eigenvalue weighted by atomic mass is 16.3. The van der Waals surface area contributed by atoms with Crippen LogP contribution in [0, 0.1) is 6.92 Å². The monoisotopic (exact) mass is 405 g/mol. The van der Waals surface area contributed by atoms with Gasteiger partial charge < -0.3 is 20.2 Å². The molecule has 0 atom stereocenters. The van der Waals surface area contributed by atoms with E-state index in [2.05, 4.69) is 27.4 Å². The lowest BCUT2D eigenvalue weighted by molar-refractivity contribution is 0.0737. The molecule has 7 heteroatoms. The number of nitrogens with one attached hydrogen (secondary N) is 1. The van der Waals surface area contributed by atoms with Crippen LogP contribution in [0.25, 0.3) is 5.69 Å². The van der Waals surface area contributed by atoms with E-state index in [0.29, 0.717) is 25.3 Å². The largest absolute Gasteiger partial charge is 0.395 e. The smallest absolute Gasteiger partial charge is 0.272 e. The van der Waals surface area contributed by atoms with Crippen LogP contribution in [0.5, 0.6) is 0 Å². The first kappa shape index (κ1) is 20.0. The summed E-state index contributed by atoms with van der Waals surface area (Å²) in [4.78, 5) is 17.4. The van der Waals surface area contributed by atoms with Crippen molar-refractivity contribution in [3.05, 3.63) is 72.1 Å². The zero-order chi connectivity index (χ0) is 20.9. The molecule has 4 rings (SSSR count). The number of aliphatic hydroxyl groups excluding tert-OH is 1. The molecule has 0 radical (unpaired) electrons. The van der Waals surface area contributed by atoms with Crippen molar-refractivity contribution < 1.29 is 9.90 Å². The fourth-order valence-electron chi connectivity index (χ4n) is 3.76. The molecule has 1 aliphatic heterocycles. The van der Waals surface area contributed by atoms with Crippen molar-refractivity contribution >= 4 is 17.3 Å². The minimum Gasteiger partial charge on any atom is -0.395 e. The molecule has 2 heterocycles. The molecule has 1 aromatic heterocycles. The lowest BCUT2D eigenvalue weighted by Gasteiger charge is -2.36. The third-order valence-electron chi connectivity index (χ3n) is 5.27. The molecule has 30 heavy (non-hydrogen) atoms. The summed E-state index contributed by atoms with van der Waals surface area (Å²) >= 11 is 0. The SMILES string of the molecule is Cc1cc(C(=O)N2CCN(c3cccc(NCCO)c3)CC2)n(-c2ccccc2)n1. The summed E-state index contributed by atoms with van der Waals surface area (Å²) in [5.74, 6) is 0.0115. The van der Waals surface area contributed by atoms with Gasteiger partial charge in [0.1, 0.15) is 5.69 Å². The summed E-state index contributed by atoms with van der Waals surface area (Å²) in [6.45, 7) is 5.40. The van der Waals surface area contributed by atoms with Crippen LogP contribution in [0.2, 0.25) is 0 Å². The normalized spacial score (nSPS) is 14.1. The Balaban J connectivity index is 1.45. The maximum absolute atomic E-state index is 13.2. The van der Waals surface area contributed by atoms with Crippen LogP contribution in [0.4, 0.5) is 11.4 Å². The second-order valence-corrected chi connectivity index (χ2v) is 7.40. The fourth-order valence-corrected chi connectivity index (χ4v) is 3.76. The number of nitrogens with zero attached hydrogens (tertiary/aromatic N) is 4. The zero-order valence-corrected chi connectivity index (χ0v) is 17.2. The molecule has 1 fully saturated rings. The van der Waals surface area contributed by atoms with E-state index in [0.717, 1.165) is 35.8 Å². The molecule has 1 aliphatic rings. The van der Waals surface area contributed by atoms with Gasteiger partial charge in [-0.1, -0.05) is 24.3 Å². The predicted octanol–water partition coefficient (Wildman–Crippen LogP) is 2.55. The second kappa shape index (κ2) is 9.00. The second-order valence-electron chi connectivity index (χ2n) is 7.40. The summed E-state index contributed by atoms with van der Waals surface area (Å²) < 4.78 is 1.74. The average Bonchev–Trinajstić information content (AvgIpc) is 3.20. The highest BCUT2D eigenvalue weighted by Gasteiger charge is 2.25. The van der Waals surface area contributed by atoms with Gasteiger partial charge in [-0.3, -0.25) is 4.79 Å². The Kier molecular flexibility index (Phi) is 5.99. The molecule has 156 valence electrons. The van der Waals surface area contributed by atoms with E-state index in [4.69, 9.17) is 5.11 Å². The molecule has 7 nitrogen and oxygen atoms in total. The number of aromatic nitrogens is 2. The van der Waals surface area contributed by atoms with E-state index in [1.54, 1.807) is 4.68 Å². The van der Waals surface area contributed by atoms with E-state index in [1.807, 2.05) is 60.4 Å². The third kappa shape index (κ3) is 4.31. The minimum absolute atomic E-state index is 0.0115. The number of carbonyl (C=O) groups excluding carboxylic acids is 1. The molecular weight excluding hydrogens is 378 g/mol. The first-order valence-corrected chi connectivity index (χ1v) is 10.3. The van der Waals surface area contributed by atoms with Crippen molar-refractivity contribution in [2.24, 2.45) is 0 Å². The quantitative estimate of drug-likeness (QED) is 0.659. The molecule has 0 spiro atoms. The van der Waals surface area contributed by atoms with Crippen LogP contribution < -0.4 is 10.2 Å². The Morgan fingerprint density at radius 1 is 1.00 bits per heavy atom. The fraction of sp³-hybridized carbons (Fsp3) is 0.304. The first-order chi connectivity index (χ1) is 14.7. The molecular formula is C23H27N5O2. The molecule has 0 bridgehead atoms. The van der Waals surface area contributed by atoms with Crippen LogP contribution in [0.15, 0.2) is 60.7 Å². The van der Waals surface area contributed by atoms with Crippen LogP contribution in [-0.4, -0.2) is 65.0 Å². The van der Waals surface area contributed by atoms with Gasteiger partial charge in [-0.15, -0.1) is 0 Å². The van der Waals surface area contributed by atoms with Gasteiger partial charge in [-0.05, 0) is 43.3 Å². The number of benzene rings is 2. The van der Waals surface area contributed by atoms with E-state index < -0.39 is 0 Å². The van der Waals surface area contributed by atoms with Gasteiger partial charge in [0.05, 0.1) is 18.0 Å². The minimum atomic E-state index is 0.0115. The van der Waals surface area contributed by atoms with Gasteiger partial charge in [-0.25, -0.2) is 4.68 Å². The van der Waals surface area contributed by atoms with Gasteiger partial charge in [0.2, 0.25) is 0 Å². The number of anilines is 2. The molecule has 0 saturated carbocycles. The van der Waals surface area contributed by atoms with Crippen LogP contribution in [-0.2, 0) is 0 Å². The van der Waals surface area contributed by atoms with Crippen LogP contribution >= 0.6 is 0 Å². The standard InChI is InChI=1S/C23H27N5O2/c1-18-16-22(28(25-18)20-7-3-2-4-8-20)23(30)27-13-11-26(12-14-27)21-9-5-6-19(17-21)24-10-15-29/h2-9,16-17,24,29H,10-15H2,1H3. The highest BCUT2D eigenvalue weighted by molar-refractivity contribution is 5.93. The van der Waals surface area contributed by atoms with E-state index >= 15 is 0 Å². The van der Waals surface area contributed by atoms with E-state index in [9.17, 15) is 4.79 Å². The Hall–Kier alpha value is -3.32. The molecule has 1 saturated heterocycles. The van der Waals surface area contributed by atoms with E-state index in [-0.39, 0.29) is 12.5 Å². The van der Waals surface area contributed by atoms with Gasteiger partial charge >= 0.3 is 0 Å². The number of aryl methyl sites for hydroxylation is 1. The number of hydrogen-bond donors (Lipinski definition) is 2. The summed E-state index contributed by atoms with van der Waals surface area (Å²) in [5, 5.41) is 16.7. The highest BCUT2D eigenvalue weighted by Crippen LogP contribution is 2.22. The maximum Gasteiger partial charge on any atom is 0.272 e. The van der Waals surface area contributed by atoms with Crippen LogP contribution in [0.3, 0.4) is 0 Å². The van der Waals surface area contributed by atoms with E-state index in [1.165, 1.54) is 0 Å². The zero-order valence-electron chi connectivity index (χ0n) is 17.2. The van der Waals surface area contributed by atoms with Crippen molar-refractivity contribution in [1.82, 2.24) is 14.7 Å². The van der Waals surface area contributed by atoms with Gasteiger partial charge in [0.15, 0.2) is 0 Å². The number of aliphatic hydroxyl groups is 1. The van der Waals surface area contributed by atoms with Crippen LogP contribution in [0.1, 0.15) is 16.2 Å². The Labute approximate surface area is 176 Å². The predicted molar refractivity (Wildman–Crippen MR) is 118 cm³/mol. The topological polar surface area (TPSA) is 73.6 Å². The Morgan fingerprint density at radius 2 is 1.73 bits per heavy atom. The number of hydrogen-bond acceptors (Lipinski definition) is 5. The number of piperazine rings is 1. The van der Waals surface area contributed by atoms with Crippen molar-refractivity contribution in [2.45, 2.75) is 6.92 Å². The average molecular weight is 406 g/mol. The molecule has 1 amide bonds. The Morgan fingerprint density at radius 3 is 2.47 bits per heavy atom. The van der Waals surface area contributed by atoms with Gasteiger partial charge in [-0.2, -0.15) is 5.10 Å². The molecule has 2 N–H and O–H groups in total. The number of amides is 1. The summed E-state index contributed by atoms with van der Waals surface area (Å²) in [5.41, 5.74) is 4.42. The van der Waals surface area contributed by atoms with Crippen molar-refractivity contribution in [2.75, 3.05) is 49.5 Å². The number of para-hydroxylation sites is 1. The molecule has 0 unspecified atom stereocenters. The lowest BCUT2D eigenvalue weighted by atomic mass is 10.2. The summed E-state index contributed by atoms with van der Waals surface area (Å²) in [6.07, 6.45) is 0. The third-order valence-corrected chi connectivity index (χ3v) is 5.27. The molecule has 2 aromatic carbocycles. The molecule has 0 aliphatic carbocycles. The number of rotatable bonds is 6. The van der Waals surface area contributed by atoms with Gasteiger partial charge in [0.25, 0.3) is 5.91 Å². The maximum atomic E-state index is 13.2. The summed E-state index contributed by atoms with van der Waals surface area (Å²) in [7, 11) is 0. The number of carbonyl (C=O) groups is 1. The van der Waals surface area contributed by atoms with Crippen molar-refractivity contribution in [1.29, 1.82) is 0 Å². The summed E-state index contributed by atoms with van der Waals surface area (Å²) in [6, 6.07) is 19.8. The molecule has 3 aromatic rings. The van der Waals surface area contributed by atoms with Crippen molar-refractivity contribution in [3.8, 4) is 5.69 Å². The Bertz CT molecular complexity index is 994.